The number of rotatable bonds is 4. The van der Waals surface area contributed by atoms with Crippen LogP contribution in [0.3, 0.4) is 0 Å². The van der Waals surface area contributed by atoms with E-state index in [0.29, 0.717) is 4.47 Å². The van der Waals surface area contributed by atoms with E-state index in [9.17, 15) is 18.5 Å². The van der Waals surface area contributed by atoms with Crippen LogP contribution in [-0.4, -0.2) is 18.3 Å². The Labute approximate surface area is 133 Å². The molecule has 0 saturated carbocycles. The molecular weight excluding hydrogens is 386 g/mol. The first-order valence-corrected chi connectivity index (χ1v) is 8.04. The van der Waals surface area contributed by atoms with Gasteiger partial charge in [0.05, 0.1) is 9.40 Å². The molecule has 0 amide bonds. The summed E-state index contributed by atoms with van der Waals surface area (Å²) in [6.07, 6.45) is 1.06. The number of pyridine rings is 1. The molecule has 10 heteroatoms. The summed E-state index contributed by atoms with van der Waals surface area (Å²) in [6, 6.07) is 6.69. The third kappa shape index (κ3) is 3.49. The Morgan fingerprint density at radius 3 is 2.62 bits per heavy atom. The average Bonchev–Trinajstić information content (AvgIpc) is 2.41. The Morgan fingerprint density at radius 2 is 2.00 bits per heavy atom. The van der Waals surface area contributed by atoms with Crippen LogP contribution in [0.4, 0.5) is 11.4 Å². The highest BCUT2D eigenvalue weighted by Crippen LogP contribution is 2.28. The topological polar surface area (TPSA) is 102 Å². The van der Waals surface area contributed by atoms with Crippen molar-refractivity contribution < 1.29 is 13.3 Å². The molecule has 0 unspecified atom stereocenters. The fourth-order valence-corrected chi connectivity index (χ4v) is 3.12. The lowest BCUT2D eigenvalue weighted by Gasteiger charge is -2.08. The molecule has 0 bridgehead atoms. The fraction of sp³-hybridized carbons (Fsp3) is 0. The van der Waals surface area contributed by atoms with Crippen molar-refractivity contribution in [1.29, 1.82) is 0 Å². The van der Waals surface area contributed by atoms with Gasteiger partial charge in [0.1, 0.15) is 15.7 Å². The fourth-order valence-electron chi connectivity index (χ4n) is 1.47. The lowest BCUT2D eigenvalue weighted by Crippen LogP contribution is -2.14. The van der Waals surface area contributed by atoms with E-state index in [1.54, 1.807) is 0 Å². The van der Waals surface area contributed by atoms with Crippen LogP contribution < -0.4 is 4.72 Å². The molecule has 21 heavy (non-hydrogen) atoms. The molecule has 110 valence electrons. The molecule has 0 spiro atoms. The summed E-state index contributed by atoms with van der Waals surface area (Å²) in [7, 11) is -4.01. The van der Waals surface area contributed by atoms with E-state index in [2.05, 4.69) is 25.6 Å². The summed E-state index contributed by atoms with van der Waals surface area (Å²) >= 11 is 8.76. The van der Waals surface area contributed by atoms with Gasteiger partial charge in [-0.25, -0.2) is 13.4 Å². The van der Waals surface area contributed by atoms with Crippen LogP contribution in [0.1, 0.15) is 0 Å². The van der Waals surface area contributed by atoms with Crippen LogP contribution >= 0.6 is 27.5 Å². The third-order valence-corrected chi connectivity index (χ3v) is 4.89. The van der Waals surface area contributed by atoms with Gasteiger partial charge in [-0.15, -0.1) is 0 Å². The maximum atomic E-state index is 12.2. The van der Waals surface area contributed by atoms with E-state index in [0.717, 1.165) is 6.20 Å². The molecule has 0 fully saturated rings. The quantitative estimate of drug-likeness (QED) is 0.489. The number of nitro benzene ring substituents is 1. The van der Waals surface area contributed by atoms with Gasteiger partial charge < -0.3 is 0 Å². The second-order valence-corrected chi connectivity index (χ2v) is 6.72. The van der Waals surface area contributed by atoms with E-state index in [-0.39, 0.29) is 21.4 Å². The van der Waals surface area contributed by atoms with E-state index in [1.807, 2.05) is 0 Å². The molecule has 0 aliphatic rings. The van der Waals surface area contributed by atoms with Crippen LogP contribution in [-0.2, 0) is 10.0 Å². The number of nitrogens with one attached hydrogen (secondary N) is 1. The Kier molecular flexibility index (Phi) is 4.45. The monoisotopic (exact) mass is 391 g/mol. The first-order chi connectivity index (χ1) is 9.81. The molecule has 0 saturated heterocycles. The van der Waals surface area contributed by atoms with Crippen molar-refractivity contribution >= 4 is 48.9 Å². The number of nitro groups is 1. The molecule has 0 aliphatic heterocycles. The molecule has 1 N–H and O–H groups in total. The zero-order valence-electron chi connectivity index (χ0n) is 10.2. The molecule has 1 heterocycles. The van der Waals surface area contributed by atoms with Crippen molar-refractivity contribution in [2.75, 3.05) is 4.72 Å². The number of para-hydroxylation sites is 2. The number of benzene rings is 1. The van der Waals surface area contributed by atoms with Gasteiger partial charge >= 0.3 is 0 Å². The van der Waals surface area contributed by atoms with E-state index in [4.69, 9.17) is 11.6 Å². The normalized spacial score (nSPS) is 11.1. The standard InChI is InChI=1S/C11H7BrClN3O4S/c12-8-5-7(6-14-11(8)13)21(19,20)15-9-3-1-2-4-10(9)16(17)18/h1-6,15H. The zero-order chi connectivity index (χ0) is 15.6. The van der Waals surface area contributed by atoms with Crippen LogP contribution in [0.25, 0.3) is 0 Å². The van der Waals surface area contributed by atoms with Crippen molar-refractivity contribution in [2.24, 2.45) is 0 Å². The Morgan fingerprint density at radius 1 is 1.33 bits per heavy atom. The second-order valence-electron chi connectivity index (χ2n) is 3.82. The van der Waals surface area contributed by atoms with Crippen LogP contribution in [0.5, 0.6) is 0 Å². The second kappa shape index (κ2) is 5.96. The molecule has 0 aliphatic carbocycles. The first-order valence-electron chi connectivity index (χ1n) is 5.38. The van der Waals surface area contributed by atoms with Gasteiger partial charge in [0.2, 0.25) is 0 Å². The van der Waals surface area contributed by atoms with Crippen molar-refractivity contribution in [2.45, 2.75) is 4.90 Å². The summed E-state index contributed by atoms with van der Waals surface area (Å²) in [5.74, 6) is 0. The summed E-state index contributed by atoms with van der Waals surface area (Å²) < 4.78 is 26.9. The van der Waals surface area contributed by atoms with Gasteiger partial charge in [0, 0.05) is 12.3 Å². The Hall–Kier alpha value is -1.71. The molecule has 7 nitrogen and oxygen atoms in total. The number of hydrogen-bond donors (Lipinski definition) is 1. The molecule has 2 rings (SSSR count). The number of hydrogen-bond acceptors (Lipinski definition) is 5. The van der Waals surface area contributed by atoms with Gasteiger partial charge in [-0.2, -0.15) is 0 Å². The minimum atomic E-state index is -4.01. The molecular formula is C11H7BrClN3O4S. The van der Waals surface area contributed by atoms with Crippen LogP contribution in [0.15, 0.2) is 45.9 Å². The van der Waals surface area contributed by atoms with E-state index < -0.39 is 14.9 Å². The number of anilines is 1. The maximum absolute atomic E-state index is 12.2. The molecule has 0 atom stereocenters. The highest BCUT2D eigenvalue weighted by Gasteiger charge is 2.21. The predicted octanol–water partition coefficient (Wildman–Crippen LogP) is 3.21. The number of nitrogens with zero attached hydrogens (tertiary/aromatic N) is 2. The Bertz CT molecular complexity index is 813. The largest absolute Gasteiger partial charge is 0.293 e. The molecule has 0 radical (unpaired) electrons. The van der Waals surface area contributed by atoms with Gasteiger partial charge in [-0.3, -0.25) is 14.8 Å². The summed E-state index contributed by atoms with van der Waals surface area (Å²) in [4.78, 5) is 13.7. The maximum Gasteiger partial charge on any atom is 0.293 e. The zero-order valence-corrected chi connectivity index (χ0v) is 13.3. The van der Waals surface area contributed by atoms with Crippen LogP contribution in [0.2, 0.25) is 5.15 Å². The number of halogens is 2. The highest BCUT2D eigenvalue weighted by atomic mass is 79.9. The predicted molar refractivity (Wildman–Crippen MR) is 80.9 cm³/mol. The highest BCUT2D eigenvalue weighted by molar-refractivity contribution is 9.10. The van der Waals surface area contributed by atoms with Gasteiger partial charge in [-0.05, 0) is 28.1 Å². The summed E-state index contributed by atoms with van der Waals surface area (Å²) in [5.41, 5.74) is -0.476. The van der Waals surface area contributed by atoms with Crippen molar-refractivity contribution in [3.63, 3.8) is 0 Å². The lowest BCUT2D eigenvalue weighted by molar-refractivity contribution is -0.383. The Balaban J connectivity index is 2.42. The van der Waals surface area contributed by atoms with Crippen molar-refractivity contribution in [3.05, 3.63) is 56.3 Å². The SMILES string of the molecule is O=[N+]([O-])c1ccccc1NS(=O)(=O)c1cnc(Cl)c(Br)c1. The van der Waals surface area contributed by atoms with Crippen LogP contribution in [0, 0.1) is 10.1 Å². The van der Waals surface area contributed by atoms with E-state index >= 15 is 0 Å². The smallest absolute Gasteiger partial charge is 0.273 e. The van der Waals surface area contributed by atoms with Crippen molar-refractivity contribution in [3.8, 4) is 0 Å². The van der Waals surface area contributed by atoms with Gasteiger partial charge in [0.15, 0.2) is 0 Å². The minimum Gasteiger partial charge on any atom is -0.273 e. The third-order valence-electron chi connectivity index (χ3n) is 2.43. The number of aromatic nitrogens is 1. The first kappa shape index (κ1) is 15.7. The minimum absolute atomic E-state index is 0.111. The van der Waals surface area contributed by atoms with Gasteiger partial charge in [0.25, 0.3) is 15.7 Å². The lowest BCUT2D eigenvalue weighted by atomic mass is 10.3. The molecule has 1 aromatic carbocycles. The van der Waals surface area contributed by atoms with E-state index in [1.165, 1.54) is 30.3 Å². The number of sulfonamides is 1. The summed E-state index contributed by atoms with van der Waals surface area (Å²) in [5, 5.41) is 11.0. The van der Waals surface area contributed by atoms with Crippen molar-refractivity contribution in [1.82, 2.24) is 4.98 Å². The van der Waals surface area contributed by atoms with Gasteiger partial charge in [-0.1, -0.05) is 23.7 Å². The molecule has 2 aromatic rings. The molecule has 1 aromatic heterocycles. The average molecular weight is 393 g/mol. The summed E-state index contributed by atoms with van der Waals surface area (Å²) in [6.45, 7) is 0.